The van der Waals surface area contributed by atoms with E-state index in [0.29, 0.717) is 11.2 Å². The molecule has 0 aliphatic carbocycles. The number of nitrogens with zero attached hydrogens (tertiary/aromatic N) is 1. The fourth-order valence-corrected chi connectivity index (χ4v) is 1.53. The van der Waals surface area contributed by atoms with Crippen molar-refractivity contribution in [2.24, 2.45) is 0 Å². The van der Waals surface area contributed by atoms with Crippen molar-refractivity contribution in [1.29, 1.82) is 0 Å². The van der Waals surface area contributed by atoms with Crippen LogP contribution in [0.4, 0.5) is 0 Å². The molecule has 5 heteroatoms. The highest BCUT2D eigenvalue weighted by atomic mass is 16.4. The van der Waals surface area contributed by atoms with Crippen LogP contribution in [0.15, 0.2) is 42.0 Å². The summed E-state index contributed by atoms with van der Waals surface area (Å²) in [6.45, 7) is 0. The molecule has 0 saturated heterocycles. The van der Waals surface area contributed by atoms with Crippen LogP contribution in [-0.4, -0.2) is 27.1 Å². The Morgan fingerprint density at radius 3 is 2.33 bits per heavy atom. The number of para-hydroxylation sites is 1. The number of rotatable bonds is 3. The van der Waals surface area contributed by atoms with Gasteiger partial charge in [0.2, 0.25) is 0 Å². The van der Waals surface area contributed by atoms with Gasteiger partial charge in [-0.15, -0.1) is 0 Å². The Kier molecular flexibility index (Phi) is 3.05. The zero-order chi connectivity index (χ0) is 13.1. The van der Waals surface area contributed by atoms with E-state index in [2.05, 4.69) is 4.98 Å². The maximum atomic E-state index is 10.7. The van der Waals surface area contributed by atoms with E-state index in [1.54, 1.807) is 24.3 Å². The summed E-state index contributed by atoms with van der Waals surface area (Å²) in [5.41, 5.74) is 0.271. The van der Waals surface area contributed by atoms with Crippen LogP contribution < -0.4 is 0 Å². The molecule has 90 valence electrons. The van der Waals surface area contributed by atoms with Crippen LogP contribution in [0.5, 0.6) is 0 Å². The molecule has 0 saturated carbocycles. The summed E-state index contributed by atoms with van der Waals surface area (Å²) in [7, 11) is 0. The number of carboxylic acid groups (broad SMARTS) is 2. The minimum absolute atomic E-state index is 0.300. The lowest BCUT2D eigenvalue weighted by molar-refractivity contribution is -0.140. The van der Waals surface area contributed by atoms with Crippen LogP contribution in [0, 0.1) is 0 Å². The van der Waals surface area contributed by atoms with E-state index in [1.807, 2.05) is 12.1 Å². The number of carboxylic acids is 2. The number of hydrogen-bond donors (Lipinski definition) is 2. The van der Waals surface area contributed by atoms with E-state index in [0.717, 1.165) is 11.5 Å². The van der Waals surface area contributed by atoms with Crippen LogP contribution >= 0.6 is 0 Å². The van der Waals surface area contributed by atoms with Crippen LogP contribution in [0.2, 0.25) is 0 Å². The number of carbonyl (C=O) groups is 2. The van der Waals surface area contributed by atoms with Crippen molar-refractivity contribution >= 4 is 28.9 Å². The summed E-state index contributed by atoms with van der Waals surface area (Å²) in [6.07, 6.45) is 1.04. The second kappa shape index (κ2) is 4.67. The smallest absolute Gasteiger partial charge is 0.343 e. The van der Waals surface area contributed by atoms with Crippen molar-refractivity contribution in [3.63, 3.8) is 0 Å². The first-order valence-corrected chi connectivity index (χ1v) is 5.12. The highest BCUT2D eigenvalue weighted by Crippen LogP contribution is 2.13. The minimum Gasteiger partial charge on any atom is -0.477 e. The Hall–Kier alpha value is -2.69. The van der Waals surface area contributed by atoms with Crippen LogP contribution in [-0.2, 0) is 9.59 Å². The molecule has 0 radical (unpaired) electrons. The first-order chi connectivity index (χ1) is 8.58. The number of pyridine rings is 1. The number of hydrogen-bond acceptors (Lipinski definition) is 3. The predicted molar refractivity (Wildman–Crippen MR) is 65.0 cm³/mol. The van der Waals surface area contributed by atoms with E-state index < -0.39 is 17.5 Å². The van der Waals surface area contributed by atoms with Gasteiger partial charge in [0.15, 0.2) is 0 Å². The number of fused-ring (bicyclic) bond motifs is 1. The fraction of sp³-hybridized carbons (Fsp3) is 0. The van der Waals surface area contributed by atoms with Crippen molar-refractivity contribution in [2.45, 2.75) is 0 Å². The van der Waals surface area contributed by atoms with E-state index in [-0.39, 0.29) is 0 Å². The fourth-order valence-electron chi connectivity index (χ4n) is 1.53. The average Bonchev–Trinajstić information content (AvgIpc) is 2.35. The first kappa shape index (κ1) is 11.8. The average molecular weight is 243 g/mol. The second-order valence-corrected chi connectivity index (χ2v) is 3.60. The molecule has 1 aromatic carbocycles. The van der Waals surface area contributed by atoms with Gasteiger partial charge in [-0.3, -0.25) is 0 Å². The highest BCUT2D eigenvalue weighted by Gasteiger charge is 2.16. The third kappa shape index (κ3) is 2.35. The van der Waals surface area contributed by atoms with Gasteiger partial charge in [0.25, 0.3) is 0 Å². The minimum atomic E-state index is -1.49. The standard InChI is InChI=1S/C13H9NO4/c15-12(16)10(13(17)18)7-9-6-5-8-3-1-2-4-11(8)14-9/h1-7H,(H,15,16)(H,17,18). The van der Waals surface area contributed by atoms with E-state index >= 15 is 0 Å². The third-order valence-electron chi connectivity index (χ3n) is 2.37. The van der Waals surface area contributed by atoms with E-state index in [9.17, 15) is 9.59 Å². The lowest BCUT2D eigenvalue weighted by Gasteiger charge is -1.99. The first-order valence-electron chi connectivity index (χ1n) is 5.12. The molecule has 0 bridgehead atoms. The molecular weight excluding hydrogens is 234 g/mol. The molecule has 0 amide bonds. The van der Waals surface area contributed by atoms with Gasteiger partial charge in [0.1, 0.15) is 5.57 Å². The molecular formula is C13H9NO4. The molecule has 0 aliphatic rings. The van der Waals surface area contributed by atoms with Crippen molar-refractivity contribution < 1.29 is 19.8 Å². The second-order valence-electron chi connectivity index (χ2n) is 3.60. The van der Waals surface area contributed by atoms with Gasteiger partial charge >= 0.3 is 11.9 Å². The highest BCUT2D eigenvalue weighted by molar-refractivity contribution is 6.16. The van der Waals surface area contributed by atoms with Crippen LogP contribution in [0.1, 0.15) is 5.69 Å². The largest absolute Gasteiger partial charge is 0.477 e. The summed E-state index contributed by atoms with van der Waals surface area (Å²) >= 11 is 0. The van der Waals surface area contributed by atoms with Crippen LogP contribution in [0.3, 0.4) is 0 Å². The molecule has 2 N–H and O–H groups in total. The van der Waals surface area contributed by atoms with E-state index in [1.165, 1.54) is 0 Å². The molecule has 18 heavy (non-hydrogen) atoms. The lowest BCUT2D eigenvalue weighted by Crippen LogP contribution is -2.11. The molecule has 0 spiro atoms. The maximum Gasteiger partial charge on any atom is 0.343 e. The Balaban J connectivity index is 2.51. The molecule has 1 aromatic heterocycles. The molecule has 5 nitrogen and oxygen atoms in total. The summed E-state index contributed by atoms with van der Waals surface area (Å²) in [5, 5.41) is 18.4. The van der Waals surface area contributed by atoms with Gasteiger partial charge in [-0.2, -0.15) is 0 Å². The number of aromatic nitrogens is 1. The molecule has 1 heterocycles. The molecule has 0 unspecified atom stereocenters. The van der Waals surface area contributed by atoms with Gasteiger partial charge in [0.05, 0.1) is 11.2 Å². The Bertz CT molecular complexity index is 645. The number of benzene rings is 1. The monoisotopic (exact) mass is 243 g/mol. The van der Waals surface area contributed by atoms with Gasteiger partial charge in [-0.25, -0.2) is 14.6 Å². The van der Waals surface area contributed by atoms with Gasteiger partial charge in [-0.1, -0.05) is 24.3 Å². The Morgan fingerprint density at radius 2 is 1.67 bits per heavy atom. The van der Waals surface area contributed by atoms with Crippen LogP contribution in [0.25, 0.3) is 17.0 Å². The molecule has 0 fully saturated rings. The summed E-state index contributed by atoms with van der Waals surface area (Å²) < 4.78 is 0. The molecule has 2 aromatic rings. The zero-order valence-electron chi connectivity index (χ0n) is 9.20. The van der Waals surface area contributed by atoms with Crippen molar-refractivity contribution in [3.05, 3.63) is 47.7 Å². The lowest BCUT2D eigenvalue weighted by atomic mass is 10.1. The van der Waals surface area contributed by atoms with Gasteiger partial charge < -0.3 is 10.2 Å². The Labute approximate surface area is 102 Å². The maximum absolute atomic E-state index is 10.7. The Morgan fingerprint density at radius 1 is 1.00 bits per heavy atom. The van der Waals surface area contributed by atoms with Gasteiger partial charge in [0, 0.05) is 5.39 Å². The van der Waals surface area contributed by atoms with Gasteiger partial charge in [-0.05, 0) is 18.2 Å². The summed E-state index contributed by atoms with van der Waals surface area (Å²) in [6, 6.07) is 10.6. The quantitative estimate of drug-likeness (QED) is 0.487. The molecule has 0 atom stereocenters. The topological polar surface area (TPSA) is 87.5 Å². The summed E-state index contributed by atoms with van der Waals surface area (Å²) in [4.78, 5) is 25.6. The predicted octanol–water partition coefficient (Wildman–Crippen LogP) is 1.79. The zero-order valence-corrected chi connectivity index (χ0v) is 9.20. The van der Waals surface area contributed by atoms with Crippen molar-refractivity contribution in [2.75, 3.05) is 0 Å². The SMILES string of the molecule is O=C(O)C(=Cc1ccc2ccccc2n1)C(=O)O. The van der Waals surface area contributed by atoms with Crippen molar-refractivity contribution in [1.82, 2.24) is 4.98 Å². The van der Waals surface area contributed by atoms with E-state index in [4.69, 9.17) is 10.2 Å². The third-order valence-corrected chi connectivity index (χ3v) is 2.37. The molecule has 2 rings (SSSR count). The molecule has 0 aliphatic heterocycles. The normalized spacial score (nSPS) is 10.0. The summed E-state index contributed by atoms with van der Waals surface area (Å²) in [5.74, 6) is -2.98. The number of aliphatic carboxylic acids is 2. The van der Waals surface area contributed by atoms with Crippen molar-refractivity contribution in [3.8, 4) is 0 Å².